The zero-order valence-corrected chi connectivity index (χ0v) is 15.7. The zero-order valence-electron chi connectivity index (χ0n) is 15.7. The van der Waals surface area contributed by atoms with Crippen LogP contribution in [0.4, 0.5) is 0 Å². The van der Waals surface area contributed by atoms with Gasteiger partial charge in [-0.2, -0.15) is 0 Å². The average molecular weight is 355 g/mol. The van der Waals surface area contributed by atoms with Crippen LogP contribution in [0.3, 0.4) is 0 Å². The SMILES string of the molecule is COc1ccc(/C=C(/C(=O)OCCN(C)C)c2ccc(OC)cc2)cc1. The maximum absolute atomic E-state index is 12.6. The van der Waals surface area contributed by atoms with Gasteiger partial charge in [0, 0.05) is 6.54 Å². The Balaban J connectivity index is 2.29. The lowest BCUT2D eigenvalue weighted by Gasteiger charge is -2.12. The second kappa shape index (κ2) is 9.63. The first-order chi connectivity index (χ1) is 12.5. The van der Waals surface area contributed by atoms with Crippen LogP contribution in [0.1, 0.15) is 11.1 Å². The molecule has 0 atom stereocenters. The summed E-state index contributed by atoms with van der Waals surface area (Å²) in [6.07, 6.45) is 1.82. The molecule has 0 N–H and O–H groups in total. The van der Waals surface area contributed by atoms with Gasteiger partial charge in [-0.25, -0.2) is 4.79 Å². The number of likely N-dealkylation sites (N-methyl/N-ethyl adjacent to an activating group) is 1. The van der Waals surface area contributed by atoms with E-state index < -0.39 is 0 Å². The van der Waals surface area contributed by atoms with Crippen LogP contribution in [-0.2, 0) is 9.53 Å². The first-order valence-corrected chi connectivity index (χ1v) is 8.35. The second-order valence-corrected chi connectivity index (χ2v) is 6.00. The van der Waals surface area contributed by atoms with E-state index in [1.807, 2.05) is 73.6 Å². The van der Waals surface area contributed by atoms with Crippen LogP contribution >= 0.6 is 0 Å². The van der Waals surface area contributed by atoms with Gasteiger partial charge in [-0.1, -0.05) is 24.3 Å². The van der Waals surface area contributed by atoms with Gasteiger partial charge in [-0.15, -0.1) is 0 Å². The van der Waals surface area contributed by atoms with Crippen LogP contribution in [0.5, 0.6) is 11.5 Å². The van der Waals surface area contributed by atoms with Gasteiger partial charge < -0.3 is 19.1 Å². The van der Waals surface area contributed by atoms with E-state index in [9.17, 15) is 4.79 Å². The summed E-state index contributed by atoms with van der Waals surface area (Å²) in [6.45, 7) is 1.01. The highest BCUT2D eigenvalue weighted by Crippen LogP contribution is 2.23. The van der Waals surface area contributed by atoms with Crippen molar-refractivity contribution in [1.29, 1.82) is 0 Å². The maximum atomic E-state index is 12.6. The van der Waals surface area contributed by atoms with Crippen molar-refractivity contribution in [3.8, 4) is 11.5 Å². The van der Waals surface area contributed by atoms with Gasteiger partial charge >= 0.3 is 5.97 Å². The molecule has 138 valence electrons. The van der Waals surface area contributed by atoms with Gasteiger partial charge in [0.05, 0.1) is 19.8 Å². The van der Waals surface area contributed by atoms with E-state index in [0.29, 0.717) is 18.7 Å². The lowest BCUT2D eigenvalue weighted by Crippen LogP contribution is -2.20. The molecule has 0 aliphatic carbocycles. The fourth-order valence-electron chi connectivity index (χ4n) is 2.30. The number of esters is 1. The van der Waals surface area contributed by atoms with Gasteiger partial charge in [-0.3, -0.25) is 0 Å². The third kappa shape index (κ3) is 5.63. The summed E-state index contributed by atoms with van der Waals surface area (Å²) in [5, 5.41) is 0. The Bertz CT molecular complexity index is 734. The van der Waals surface area contributed by atoms with E-state index >= 15 is 0 Å². The number of carbonyl (C=O) groups is 1. The number of ether oxygens (including phenoxy) is 3. The third-order valence-corrected chi connectivity index (χ3v) is 3.82. The number of carbonyl (C=O) groups excluding carboxylic acids is 1. The molecule has 0 aliphatic rings. The summed E-state index contributed by atoms with van der Waals surface area (Å²) < 4.78 is 15.8. The largest absolute Gasteiger partial charge is 0.497 e. The standard InChI is InChI=1S/C21H25NO4/c1-22(2)13-14-26-21(23)20(17-7-11-19(25-4)12-8-17)15-16-5-9-18(24-3)10-6-16/h5-12,15H,13-14H2,1-4H3/b20-15+. The van der Waals surface area contributed by atoms with Crippen LogP contribution in [-0.4, -0.2) is 52.3 Å². The van der Waals surface area contributed by atoms with Gasteiger partial charge in [0.1, 0.15) is 18.1 Å². The predicted octanol–water partition coefficient (Wildman–Crippen LogP) is 3.35. The predicted molar refractivity (Wildman–Crippen MR) is 103 cm³/mol. The number of rotatable bonds is 8. The lowest BCUT2D eigenvalue weighted by molar-refractivity contribution is -0.136. The molecule has 0 heterocycles. The molecule has 0 saturated carbocycles. The van der Waals surface area contributed by atoms with Crippen molar-refractivity contribution in [2.75, 3.05) is 41.5 Å². The summed E-state index contributed by atoms with van der Waals surface area (Å²) in [6, 6.07) is 14.9. The Morgan fingerprint density at radius 1 is 0.923 bits per heavy atom. The van der Waals surface area contributed by atoms with Gasteiger partial charge in [0.15, 0.2) is 0 Å². The second-order valence-electron chi connectivity index (χ2n) is 6.00. The highest BCUT2D eigenvalue weighted by molar-refractivity contribution is 6.21. The molecular formula is C21H25NO4. The average Bonchev–Trinajstić information content (AvgIpc) is 2.66. The minimum Gasteiger partial charge on any atom is -0.497 e. The van der Waals surface area contributed by atoms with Gasteiger partial charge in [-0.05, 0) is 55.6 Å². The molecule has 2 rings (SSSR count). The molecule has 0 aliphatic heterocycles. The molecule has 0 fully saturated rings. The van der Waals surface area contributed by atoms with E-state index in [4.69, 9.17) is 14.2 Å². The number of hydrogen-bond donors (Lipinski definition) is 0. The molecule has 5 heteroatoms. The van der Waals surface area contributed by atoms with E-state index in [2.05, 4.69) is 0 Å². The topological polar surface area (TPSA) is 48.0 Å². The Morgan fingerprint density at radius 3 is 1.96 bits per heavy atom. The summed E-state index contributed by atoms with van der Waals surface area (Å²) in [7, 11) is 7.10. The van der Waals surface area contributed by atoms with Crippen LogP contribution in [0.2, 0.25) is 0 Å². The minimum absolute atomic E-state index is 0.335. The van der Waals surface area contributed by atoms with Crippen molar-refractivity contribution < 1.29 is 19.0 Å². The molecule has 0 radical (unpaired) electrons. The van der Waals surface area contributed by atoms with E-state index in [0.717, 1.165) is 22.6 Å². The fraction of sp³-hybridized carbons (Fsp3) is 0.286. The van der Waals surface area contributed by atoms with E-state index in [1.54, 1.807) is 14.2 Å². The van der Waals surface area contributed by atoms with Crippen molar-refractivity contribution in [3.05, 3.63) is 59.7 Å². The fourth-order valence-corrected chi connectivity index (χ4v) is 2.30. The number of methoxy groups -OCH3 is 2. The van der Waals surface area contributed by atoms with Crippen LogP contribution in [0, 0.1) is 0 Å². The summed E-state index contributed by atoms with van der Waals surface area (Å²) in [5.41, 5.74) is 2.16. The highest BCUT2D eigenvalue weighted by atomic mass is 16.5. The molecule has 0 unspecified atom stereocenters. The van der Waals surface area contributed by atoms with Crippen LogP contribution in [0.15, 0.2) is 48.5 Å². The number of nitrogens with zero attached hydrogens (tertiary/aromatic N) is 1. The molecule has 0 amide bonds. The van der Waals surface area contributed by atoms with Crippen molar-refractivity contribution in [2.45, 2.75) is 0 Å². The van der Waals surface area contributed by atoms with Crippen LogP contribution < -0.4 is 9.47 Å². The first kappa shape index (κ1) is 19.5. The Labute approximate surface area is 154 Å². The number of hydrogen-bond acceptors (Lipinski definition) is 5. The van der Waals surface area contributed by atoms with Gasteiger partial charge in [0.2, 0.25) is 0 Å². The molecule has 0 aromatic heterocycles. The molecule has 0 spiro atoms. The number of benzene rings is 2. The van der Waals surface area contributed by atoms with Crippen molar-refractivity contribution >= 4 is 17.6 Å². The quantitative estimate of drug-likeness (QED) is 0.413. The first-order valence-electron chi connectivity index (χ1n) is 8.35. The summed E-state index contributed by atoms with van der Waals surface area (Å²) >= 11 is 0. The molecule has 0 bridgehead atoms. The molecule has 0 saturated heterocycles. The van der Waals surface area contributed by atoms with Crippen molar-refractivity contribution in [2.24, 2.45) is 0 Å². The Hall–Kier alpha value is -2.79. The summed E-state index contributed by atoms with van der Waals surface area (Å²) in [4.78, 5) is 14.6. The smallest absolute Gasteiger partial charge is 0.338 e. The monoisotopic (exact) mass is 355 g/mol. The van der Waals surface area contributed by atoms with Crippen molar-refractivity contribution in [3.63, 3.8) is 0 Å². The molecule has 5 nitrogen and oxygen atoms in total. The molecule has 2 aromatic rings. The van der Waals surface area contributed by atoms with Gasteiger partial charge in [0.25, 0.3) is 0 Å². The molecular weight excluding hydrogens is 330 g/mol. The normalized spacial score (nSPS) is 11.3. The summed E-state index contributed by atoms with van der Waals surface area (Å²) in [5.74, 6) is 1.15. The van der Waals surface area contributed by atoms with Crippen molar-refractivity contribution in [1.82, 2.24) is 4.90 Å². The van der Waals surface area contributed by atoms with E-state index in [-0.39, 0.29) is 5.97 Å². The lowest BCUT2D eigenvalue weighted by atomic mass is 10.0. The maximum Gasteiger partial charge on any atom is 0.338 e. The molecule has 26 heavy (non-hydrogen) atoms. The Kier molecular flexibility index (Phi) is 7.24. The van der Waals surface area contributed by atoms with Crippen LogP contribution in [0.25, 0.3) is 11.6 Å². The highest BCUT2D eigenvalue weighted by Gasteiger charge is 2.14. The zero-order chi connectivity index (χ0) is 18.9. The minimum atomic E-state index is -0.354. The molecule has 2 aromatic carbocycles. The third-order valence-electron chi connectivity index (χ3n) is 3.82. The van der Waals surface area contributed by atoms with E-state index in [1.165, 1.54) is 0 Å². The Morgan fingerprint density at radius 2 is 1.46 bits per heavy atom.